The van der Waals surface area contributed by atoms with Crippen LogP contribution in [0.2, 0.25) is 0 Å². The fraction of sp³-hybridized carbons (Fsp3) is 0.857. The van der Waals surface area contributed by atoms with Crippen LogP contribution in [-0.4, -0.2) is 93.0 Å². The van der Waals surface area contributed by atoms with Gasteiger partial charge in [-0.3, -0.25) is 0 Å². The highest BCUT2D eigenvalue weighted by Gasteiger charge is 1.87. The standard InChI is InChI=1S/2C6H15NO2.C2H2O4/c2*1-8-5-3-7-4-6-9-2;3-1(4)2(5)6/h2*7H,3-6H2,1-2H3;(H,3,4)(H,5,6). The number of aliphatic carboxylic acids is 2. The van der Waals surface area contributed by atoms with Gasteiger partial charge in [0, 0.05) is 28.4 Å². The van der Waals surface area contributed by atoms with Crippen LogP contribution in [0.15, 0.2) is 0 Å². The van der Waals surface area contributed by atoms with Crippen LogP contribution < -0.4 is 20.8 Å². The largest absolute Gasteiger partial charge is 0.543 e. The molecule has 0 aliphatic carbocycles. The van der Waals surface area contributed by atoms with Crippen molar-refractivity contribution in [1.29, 1.82) is 0 Å². The molecule has 10 heteroatoms. The second-order valence-corrected chi connectivity index (χ2v) is 4.28. The van der Waals surface area contributed by atoms with Gasteiger partial charge in [-0.25, -0.2) is 0 Å². The summed E-state index contributed by atoms with van der Waals surface area (Å²) in [6.07, 6.45) is 0. The van der Waals surface area contributed by atoms with Crippen LogP contribution >= 0.6 is 0 Å². The molecule has 146 valence electrons. The Morgan fingerprint density at radius 1 is 0.625 bits per heavy atom. The number of carbonyl (C=O) groups is 2. The van der Waals surface area contributed by atoms with Crippen LogP contribution in [0.4, 0.5) is 0 Å². The zero-order valence-electron chi connectivity index (χ0n) is 15.1. The van der Waals surface area contributed by atoms with Crippen molar-refractivity contribution in [3.8, 4) is 0 Å². The fourth-order valence-electron chi connectivity index (χ4n) is 1.09. The zero-order valence-corrected chi connectivity index (χ0v) is 15.1. The molecule has 0 bridgehead atoms. The molecule has 4 N–H and O–H groups in total. The molecule has 0 spiro atoms. The van der Waals surface area contributed by atoms with Crippen molar-refractivity contribution in [3.05, 3.63) is 0 Å². The average molecular weight is 356 g/mol. The maximum absolute atomic E-state index is 8.93. The molecule has 0 rings (SSSR count). The summed E-state index contributed by atoms with van der Waals surface area (Å²) in [4.78, 5) is 17.9. The molecule has 0 fully saturated rings. The number of ether oxygens (including phenoxy) is 4. The van der Waals surface area contributed by atoms with Crippen LogP contribution in [0.25, 0.3) is 0 Å². The minimum absolute atomic E-state index is 0.823. The molecule has 0 aromatic carbocycles. The van der Waals surface area contributed by atoms with E-state index >= 15 is 0 Å². The van der Waals surface area contributed by atoms with Gasteiger partial charge in [0.2, 0.25) is 0 Å². The molecule has 0 aromatic rings. The van der Waals surface area contributed by atoms with E-state index in [1.807, 2.05) is 0 Å². The van der Waals surface area contributed by atoms with Gasteiger partial charge in [0.1, 0.15) is 0 Å². The van der Waals surface area contributed by atoms with Gasteiger partial charge < -0.3 is 49.4 Å². The number of hydrogen-bond donors (Lipinski definition) is 2. The maximum atomic E-state index is 8.93. The van der Waals surface area contributed by atoms with Crippen LogP contribution in [0.5, 0.6) is 0 Å². The number of methoxy groups -OCH3 is 4. The number of carbonyl (C=O) groups excluding carboxylic acids is 2. The van der Waals surface area contributed by atoms with Gasteiger partial charge in [-0.05, 0) is 0 Å². The highest BCUT2D eigenvalue weighted by molar-refractivity contribution is 6.25. The summed E-state index contributed by atoms with van der Waals surface area (Å²) < 4.78 is 19.4. The Kier molecular flexibility index (Phi) is 30.5. The topological polar surface area (TPSA) is 150 Å². The first-order valence-corrected chi connectivity index (χ1v) is 7.49. The van der Waals surface area contributed by atoms with Crippen LogP contribution in [0.3, 0.4) is 0 Å². The van der Waals surface area contributed by atoms with Gasteiger partial charge in [-0.2, -0.15) is 0 Å². The van der Waals surface area contributed by atoms with Gasteiger partial charge in [-0.1, -0.05) is 0 Å². The summed E-state index contributed by atoms with van der Waals surface area (Å²) in [5.74, 6) is -4.37. The number of rotatable bonds is 12. The fourth-order valence-corrected chi connectivity index (χ4v) is 1.09. The quantitative estimate of drug-likeness (QED) is 0.259. The minimum atomic E-state index is -2.19. The molecule has 0 aromatic heterocycles. The van der Waals surface area contributed by atoms with Crippen molar-refractivity contribution < 1.29 is 49.4 Å². The van der Waals surface area contributed by atoms with Crippen molar-refractivity contribution in [2.75, 3.05) is 81.0 Å². The number of carboxylic acids is 2. The third-order valence-corrected chi connectivity index (χ3v) is 2.27. The number of carboxylic acid groups (broad SMARTS) is 2. The Morgan fingerprint density at radius 2 is 0.833 bits per heavy atom. The molecular formula is C14H32N2O8. The maximum Gasteiger partial charge on any atom is 0.0993 e. The van der Waals surface area contributed by atoms with Crippen molar-refractivity contribution in [3.63, 3.8) is 0 Å². The SMILES string of the molecule is COCC[NH2+]CCOC.COCC[NH2+]CCOC.O=C([O-])C(=O)[O-]. The molecule has 0 radical (unpaired) electrons. The molecule has 0 atom stereocenters. The molecule has 0 unspecified atom stereocenters. The van der Waals surface area contributed by atoms with Crippen LogP contribution in [-0.2, 0) is 28.5 Å². The zero-order chi connectivity index (χ0) is 19.1. The van der Waals surface area contributed by atoms with E-state index in [0.29, 0.717) is 0 Å². The lowest BCUT2D eigenvalue weighted by Crippen LogP contribution is -2.86. The summed E-state index contributed by atoms with van der Waals surface area (Å²) in [5, 5.41) is 22.2. The smallest absolute Gasteiger partial charge is 0.0993 e. The molecule has 0 heterocycles. The number of nitrogens with two attached hydrogens (primary N) is 2. The molecule has 24 heavy (non-hydrogen) atoms. The first kappa shape index (κ1) is 27.5. The highest BCUT2D eigenvalue weighted by atomic mass is 16.5. The van der Waals surface area contributed by atoms with Gasteiger partial charge in [0.25, 0.3) is 0 Å². The van der Waals surface area contributed by atoms with E-state index in [0.717, 1.165) is 52.6 Å². The van der Waals surface area contributed by atoms with Crippen LogP contribution in [0, 0.1) is 0 Å². The van der Waals surface area contributed by atoms with E-state index < -0.39 is 11.9 Å². The van der Waals surface area contributed by atoms with Crippen LogP contribution in [0.1, 0.15) is 0 Å². The first-order chi connectivity index (χ1) is 11.5. The number of quaternary nitrogens is 2. The van der Waals surface area contributed by atoms with Crippen molar-refractivity contribution in [2.24, 2.45) is 0 Å². The summed E-state index contributed by atoms with van der Waals surface area (Å²) in [7, 11) is 6.85. The molecule has 0 amide bonds. The Morgan fingerprint density at radius 3 is 0.958 bits per heavy atom. The van der Waals surface area contributed by atoms with E-state index in [1.165, 1.54) is 0 Å². The van der Waals surface area contributed by atoms with Gasteiger partial charge >= 0.3 is 0 Å². The monoisotopic (exact) mass is 356 g/mol. The first-order valence-electron chi connectivity index (χ1n) is 7.49. The van der Waals surface area contributed by atoms with E-state index in [4.69, 9.17) is 38.7 Å². The van der Waals surface area contributed by atoms with E-state index in [-0.39, 0.29) is 0 Å². The molecule has 0 aliphatic heterocycles. The normalized spacial score (nSPS) is 9.33. The van der Waals surface area contributed by atoms with Gasteiger partial charge in [0.15, 0.2) is 0 Å². The summed E-state index contributed by atoms with van der Waals surface area (Å²) in [6, 6.07) is 0. The Hall–Kier alpha value is -1.30. The van der Waals surface area contributed by atoms with Gasteiger partial charge in [0.05, 0.1) is 64.5 Å². The van der Waals surface area contributed by atoms with Crippen molar-refractivity contribution in [2.45, 2.75) is 0 Å². The molecule has 0 aliphatic rings. The predicted molar refractivity (Wildman–Crippen MR) is 80.8 cm³/mol. The van der Waals surface area contributed by atoms with Crippen molar-refractivity contribution >= 4 is 11.9 Å². The summed E-state index contributed by atoms with van der Waals surface area (Å²) >= 11 is 0. The van der Waals surface area contributed by atoms with E-state index in [2.05, 4.69) is 10.6 Å². The minimum Gasteiger partial charge on any atom is -0.543 e. The Labute approximate surface area is 143 Å². The Balaban J connectivity index is -0.000000282. The average Bonchev–Trinajstić information content (AvgIpc) is 2.56. The Bertz CT molecular complexity index is 229. The molecule has 10 nitrogen and oxygen atoms in total. The predicted octanol–water partition coefficient (Wildman–Crippen LogP) is -5.83. The molecule has 0 saturated carbocycles. The summed E-state index contributed by atoms with van der Waals surface area (Å²) in [5.41, 5.74) is 0. The van der Waals surface area contributed by atoms with Gasteiger partial charge in [-0.15, -0.1) is 0 Å². The number of hydrogen-bond acceptors (Lipinski definition) is 8. The van der Waals surface area contributed by atoms with E-state index in [9.17, 15) is 0 Å². The lowest BCUT2D eigenvalue weighted by molar-refractivity contribution is -0.657. The van der Waals surface area contributed by atoms with Crippen molar-refractivity contribution in [1.82, 2.24) is 0 Å². The third kappa shape index (κ3) is 37.2. The van der Waals surface area contributed by atoms with E-state index in [1.54, 1.807) is 28.4 Å². The summed E-state index contributed by atoms with van der Waals surface area (Å²) in [6.45, 7) is 7.40. The second-order valence-electron chi connectivity index (χ2n) is 4.28. The lowest BCUT2D eigenvalue weighted by Gasteiger charge is -1.98. The molecular weight excluding hydrogens is 324 g/mol. The highest BCUT2D eigenvalue weighted by Crippen LogP contribution is 1.58. The third-order valence-electron chi connectivity index (χ3n) is 2.27. The second kappa shape index (κ2) is 26.6. The lowest BCUT2D eigenvalue weighted by atomic mass is 10.6. The molecule has 0 saturated heterocycles.